The van der Waals surface area contributed by atoms with Gasteiger partial charge in [0.15, 0.2) is 0 Å². The number of hydrogen-bond acceptors (Lipinski definition) is 2. The number of hydrogen-bond donors (Lipinski definition) is 1. The molecule has 0 aliphatic heterocycles. The molecule has 0 amide bonds. The normalized spacial score (nSPS) is 10.6. The van der Waals surface area contributed by atoms with Gasteiger partial charge in [0.2, 0.25) is 0 Å². The molecule has 0 saturated heterocycles. The molecule has 4 nitrogen and oxygen atoms in total. The lowest BCUT2D eigenvalue weighted by Gasteiger charge is -2.09. The Bertz CT molecular complexity index is 743. The summed E-state index contributed by atoms with van der Waals surface area (Å²) in [6.45, 7) is -0.0518. The van der Waals surface area contributed by atoms with Gasteiger partial charge < -0.3 is 9.67 Å². The Hall–Kier alpha value is -1.47. The lowest BCUT2D eigenvalue weighted by molar-refractivity contribution is 0.0696. The topological polar surface area (TPSA) is 59.3 Å². The van der Waals surface area contributed by atoms with E-state index in [1.165, 1.54) is 22.9 Å². The van der Waals surface area contributed by atoms with Crippen molar-refractivity contribution < 1.29 is 14.3 Å². The van der Waals surface area contributed by atoms with Gasteiger partial charge in [-0.3, -0.25) is 4.79 Å². The number of aromatic carboxylic acids is 1. The number of rotatable bonds is 3. The lowest BCUT2D eigenvalue weighted by Crippen LogP contribution is -2.21. The quantitative estimate of drug-likeness (QED) is 0.854. The Kier molecular flexibility index (Phi) is 4.39. The molecule has 0 unspecified atom stereocenters. The number of aromatic nitrogens is 1. The molecule has 7 heteroatoms. The highest BCUT2D eigenvalue weighted by atomic mass is 79.9. The zero-order valence-electron chi connectivity index (χ0n) is 9.94. The Morgan fingerprint density at radius 2 is 2.00 bits per heavy atom. The number of benzene rings is 1. The van der Waals surface area contributed by atoms with Crippen LogP contribution in [0.15, 0.2) is 44.2 Å². The van der Waals surface area contributed by atoms with E-state index in [9.17, 15) is 14.0 Å². The van der Waals surface area contributed by atoms with E-state index in [0.717, 1.165) is 6.07 Å². The number of carbonyl (C=O) groups is 1. The van der Waals surface area contributed by atoms with Crippen molar-refractivity contribution in [3.63, 3.8) is 0 Å². The van der Waals surface area contributed by atoms with Crippen molar-refractivity contribution in [1.29, 1.82) is 0 Å². The summed E-state index contributed by atoms with van der Waals surface area (Å²) >= 11 is 6.35. The summed E-state index contributed by atoms with van der Waals surface area (Å²) in [6, 6.07) is 5.07. The largest absolute Gasteiger partial charge is 0.478 e. The highest BCUT2D eigenvalue weighted by Gasteiger charge is 2.11. The highest BCUT2D eigenvalue weighted by Crippen LogP contribution is 2.16. The predicted molar refractivity (Wildman–Crippen MR) is 78.6 cm³/mol. The minimum absolute atomic E-state index is 0.0245. The molecular weight excluding hydrogens is 397 g/mol. The molecule has 20 heavy (non-hydrogen) atoms. The van der Waals surface area contributed by atoms with Gasteiger partial charge in [0.25, 0.3) is 5.56 Å². The summed E-state index contributed by atoms with van der Waals surface area (Å²) in [7, 11) is 0. The molecule has 0 bridgehead atoms. The molecule has 1 aromatic carbocycles. The van der Waals surface area contributed by atoms with Crippen LogP contribution in [0.2, 0.25) is 0 Å². The molecule has 0 aliphatic rings. The van der Waals surface area contributed by atoms with Gasteiger partial charge in [-0.1, -0.05) is 0 Å². The maximum atomic E-state index is 13.7. The van der Waals surface area contributed by atoms with Gasteiger partial charge in [-0.2, -0.15) is 0 Å². The molecule has 0 radical (unpaired) electrons. The summed E-state index contributed by atoms with van der Waals surface area (Å²) in [4.78, 5) is 22.8. The molecule has 104 valence electrons. The van der Waals surface area contributed by atoms with E-state index in [1.807, 2.05) is 0 Å². The van der Waals surface area contributed by atoms with Gasteiger partial charge in [-0.15, -0.1) is 0 Å². The summed E-state index contributed by atoms with van der Waals surface area (Å²) in [6.07, 6.45) is 1.51. The zero-order valence-corrected chi connectivity index (χ0v) is 13.1. The molecule has 0 atom stereocenters. The monoisotopic (exact) mass is 403 g/mol. The van der Waals surface area contributed by atoms with E-state index in [1.54, 1.807) is 6.07 Å². The highest BCUT2D eigenvalue weighted by molar-refractivity contribution is 9.11. The second-order valence-corrected chi connectivity index (χ2v) is 5.82. The third-order valence-corrected chi connectivity index (χ3v) is 3.64. The van der Waals surface area contributed by atoms with Gasteiger partial charge >= 0.3 is 5.97 Å². The first kappa shape index (κ1) is 14.9. The van der Waals surface area contributed by atoms with Crippen LogP contribution in [-0.2, 0) is 6.54 Å². The van der Waals surface area contributed by atoms with Crippen LogP contribution in [-0.4, -0.2) is 15.6 Å². The Labute approximate surface area is 130 Å². The van der Waals surface area contributed by atoms with Crippen LogP contribution in [0.4, 0.5) is 4.39 Å². The number of carboxylic acids is 1. The van der Waals surface area contributed by atoms with E-state index in [4.69, 9.17) is 5.11 Å². The second-order valence-electron chi connectivity index (χ2n) is 4.05. The van der Waals surface area contributed by atoms with Crippen molar-refractivity contribution in [1.82, 2.24) is 4.57 Å². The van der Waals surface area contributed by atoms with E-state index in [0.29, 0.717) is 8.95 Å². The van der Waals surface area contributed by atoms with Crippen LogP contribution < -0.4 is 5.56 Å². The molecule has 0 spiro atoms. The first-order chi connectivity index (χ1) is 9.38. The Balaban J connectivity index is 2.47. The van der Waals surface area contributed by atoms with Gasteiger partial charge in [0.1, 0.15) is 5.82 Å². The fraction of sp³-hybridized carbons (Fsp3) is 0.0769. The molecule has 2 aromatic rings. The minimum atomic E-state index is -1.14. The summed E-state index contributed by atoms with van der Waals surface area (Å²) in [5, 5.41) is 8.90. The lowest BCUT2D eigenvalue weighted by atomic mass is 10.1. The van der Waals surface area contributed by atoms with Crippen LogP contribution in [0.3, 0.4) is 0 Å². The van der Waals surface area contributed by atoms with Gasteiger partial charge in [0, 0.05) is 16.2 Å². The number of carboxylic acid groups (broad SMARTS) is 1. The average Bonchev–Trinajstić information content (AvgIpc) is 2.37. The zero-order chi connectivity index (χ0) is 14.9. The minimum Gasteiger partial charge on any atom is -0.478 e. The van der Waals surface area contributed by atoms with E-state index >= 15 is 0 Å². The van der Waals surface area contributed by atoms with Crippen molar-refractivity contribution in [2.75, 3.05) is 0 Å². The Morgan fingerprint density at radius 3 is 2.65 bits per heavy atom. The van der Waals surface area contributed by atoms with Crippen molar-refractivity contribution in [3.05, 3.63) is 66.7 Å². The van der Waals surface area contributed by atoms with E-state index < -0.39 is 11.8 Å². The van der Waals surface area contributed by atoms with Crippen molar-refractivity contribution in [3.8, 4) is 0 Å². The molecule has 1 heterocycles. The standard InChI is InChI=1S/C13H8Br2FNO3/c14-9-4-10(15)12(18)17(6-9)5-8-3-7(13(19)20)1-2-11(8)16/h1-4,6H,5H2,(H,19,20). The van der Waals surface area contributed by atoms with Gasteiger partial charge in [-0.05, 0) is 56.1 Å². The van der Waals surface area contributed by atoms with Gasteiger partial charge in [-0.25, -0.2) is 9.18 Å². The molecule has 0 fully saturated rings. The van der Waals surface area contributed by atoms with Crippen molar-refractivity contribution >= 4 is 37.8 Å². The second kappa shape index (κ2) is 5.88. The van der Waals surface area contributed by atoms with Crippen LogP contribution in [0.5, 0.6) is 0 Å². The number of pyridine rings is 1. The molecule has 1 aromatic heterocycles. The third kappa shape index (κ3) is 3.16. The first-order valence-corrected chi connectivity index (χ1v) is 7.04. The summed E-state index contributed by atoms with van der Waals surface area (Å²) < 4.78 is 16.0. The first-order valence-electron chi connectivity index (χ1n) is 5.45. The number of nitrogens with zero attached hydrogens (tertiary/aromatic N) is 1. The van der Waals surface area contributed by atoms with E-state index in [2.05, 4.69) is 31.9 Å². The van der Waals surface area contributed by atoms with Crippen molar-refractivity contribution in [2.45, 2.75) is 6.54 Å². The average molecular weight is 405 g/mol. The predicted octanol–water partition coefficient (Wildman–Crippen LogP) is 3.26. The maximum Gasteiger partial charge on any atom is 0.335 e. The smallest absolute Gasteiger partial charge is 0.335 e. The summed E-state index contributed by atoms with van der Waals surface area (Å²) in [5.74, 6) is -1.70. The van der Waals surface area contributed by atoms with Crippen molar-refractivity contribution in [2.24, 2.45) is 0 Å². The Morgan fingerprint density at radius 1 is 1.30 bits per heavy atom. The molecule has 0 saturated carbocycles. The number of halogens is 3. The molecule has 0 aliphatic carbocycles. The van der Waals surface area contributed by atoms with Crippen LogP contribution in [0.25, 0.3) is 0 Å². The van der Waals surface area contributed by atoms with Crippen LogP contribution >= 0.6 is 31.9 Å². The fourth-order valence-electron chi connectivity index (χ4n) is 1.69. The molecule has 2 rings (SSSR count). The van der Waals surface area contributed by atoms with E-state index in [-0.39, 0.29) is 23.2 Å². The van der Waals surface area contributed by atoms with Gasteiger partial charge in [0.05, 0.1) is 16.6 Å². The maximum absolute atomic E-state index is 13.7. The summed E-state index contributed by atoms with van der Waals surface area (Å²) in [5.41, 5.74) is -0.214. The fourth-order valence-corrected chi connectivity index (χ4v) is 2.95. The third-order valence-electron chi connectivity index (χ3n) is 2.64. The SMILES string of the molecule is O=C(O)c1ccc(F)c(Cn2cc(Br)cc(Br)c2=O)c1. The van der Waals surface area contributed by atoms with Crippen LogP contribution in [0.1, 0.15) is 15.9 Å². The van der Waals surface area contributed by atoms with Crippen LogP contribution in [0, 0.1) is 5.82 Å². The molecule has 1 N–H and O–H groups in total. The molecular formula is C13H8Br2FNO3.